The fourth-order valence-corrected chi connectivity index (χ4v) is 3.07. The molecule has 1 aliphatic carbocycles. The van der Waals surface area contributed by atoms with Crippen molar-refractivity contribution in [3.05, 3.63) is 45.9 Å². The number of hydrogen-bond donors (Lipinski definition) is 0. The zero-order chi connectivity index (χ0) is 15.5. The normalized spacial score (nSPS) is 15.4. The topological polar surface area (TPSA) is 42.4 Å². The summed E-state index contributed by atoms with van der Waals surface area (Å²) in [6.45, 7) is 2.34. The molecule has 3 rings (SSSR count). The summed E-state index contributed by atoms with van der Waals surface area (Å²) in [5.74, 6) is 0.607. The van der Waals surface area contributed by atoms with Crippen LogP contribution in [0.3, 0.4) is 0 Å². The lowest BCUT2D eigenvalue weighted by Crippen LogP contribution is -2.41. The number of rotatable bonds is 6. The first-order valence-corrected chi connectivity index (χ1v) is 8.50. The molecule has 0 aliphatic heterocycles. The number of ether oxygens (including phenoxy) is 1. The Morgan fingerprint density at radius 3 is 3.00 bits per heavy atom. The Balaban J connectivity index is 1.67. The highest BCUT2D eigenvalue weighted by Crippen LogP contribution is 2.30. The van der Waals surface area contributed by atoms with E-state index in [1.54, 1.807) is 42.7 Å². The zero-order valence-corrected chi connectivity index (χ0v) is 13.8. The van der Waals surface area contributed by atoms with Crippen molar-refractivity contribution < 1.29 is 9.53 Å². The molecule has 1 fully saturated rings. The highest BCUT2D eigenvalue weighted by atomic mass is 35.5. The number of hydrogen-bond acceptors (Lipinski definition) is 4. The summed E-state index contributed by atoms with van der Waals surface area (Å²) >= 11 is 7.51. The lowest BCUT2D eigenvalue weighted by molar-refractivity contribution is -0.139. The molecule has 1 amide bonds. The van der Waals surface area contributed by atoms with Crippen molar-refractivity contribution in [1.29, 1.82) is 0 Å². The van der Waals surface area contributed by atoms with Gasteiger partial charge in [-0.3, -0.25) is 4.79 Å². The molecule has 0 saturated heterocycles. The SMILES string of the molecule is C[C@H](Oc1cccc(Cl)c1)C(=O)N(Cc1nccs1)C1CC1. The van der Waals surface area contributed by atoms with E-state index in [-0.39, 0.29) is 5.91 Å². The number of carbonyl (C=O) groups is 1. The average Bonchev–Trinajstić information content (AvgIpc) is 3.20. The maximum atomic E-state index is 12.7. The van der Waals surface area contributed by atoms with Crippen LogP contribution < -0.4 is 4.74 Å². The molecule has 116 valence electrons. The second-order valence-corrected chi connectivity index (χ2v) is 6.76. The lowest BCUT2D eigenvalue weighted by Gasteiger charge is -2.25. The van der Waals surface area contributed by atoms with Crippen LogP contribution in [0.1, 0.15) is 24.8 Å². The van der Waals surface area contributed by atoms with Gasteiger partial charge in [0.15, 0.2) is 6.10 Å². The van der Waals surface area contributed by atoms with Crippen LogP contribution in [0.2, 0.25) is 5.02 Å². The Labute approximate surface area is 138 Å². The van der Waals surface area contributed by atoms with Crippen LogP contribution in [-0.4, -0.2) is 27.9 Å². The quantitative estimate of drug-likeness (QED) is 0.806. The third-order valence-electron chi connectivity index (χ3n) is 3.52. The fraction of sp³-hybridized carbons (Fsp3) is 0.375. The van der Waals surface area contributed by atoms with E-state index in [4.69, 9.17) is 16.3 Å². The molecule has 0 bridgehead atoms. The summed E-state index contributed by atoms with van der Waals surface area (Å²) < 4.78 is 5.74. The highest BCUT2D eigenvalue weighted by Gasteiger charge is 2.35. The van der Waals surface area contributed by atoms with Gasteiger partial charge in [-0.25, -0.2) is 4.98 Å². The van der Waals surface area contributed by atoms with Crippen molar-refractivity contribution in [3.63, 3.8) is 0 Å². The lowest BCUT2D eigenvalue weighted by atomic mass is 10.3. The second kappa shape index (κ2) is 6.67. The van der Waals surface area contributed by atoms with Crippen LogP contribution in [0.25, 0.3) is 0 Å². The van der Waals surface area contributed by atoms with Crippen molar-refractivity contribution in [2.24, 2.45) is 0 Å². The molecule has 0 spiro atoms. The van der Waals surface area contributed by atoms with Crippen molar-refractivity contribution >= 4 is 28.8 Å². The smallest absolute Gasteiger partial charge is 0.263 e. The Morgan fingerprint density at radius 1 is 1.55 bits per heavy atom. The summed E-state index contributed by atoms with van der Waals surface area (Å²) in [6, 6.07) is 7.43. The molecule has 2 aromatic rings. The molecule has 22 heavy (non-hydrogen) atoms. The van der Waals surface area contributed by atoms with Gasteiger partial charge < -0.3 is 9.64 Å². The molecular formula is C16H17ClN2O2S. The Hall–Kier alpha value is -1.59. The Bertz CT molecular complexity index is 643. The minimum atomic E-state index is -0.543. The van der Waals surface area contributed by atoms with E-state index in [0.717, 1.165) is 17.8 Å². The predicted molar refractivity (Wildman–Crippen MR) is 87.2 cm³/mol. The number of aromatic nitrogens is 1. The summed E-state index contributed by atoms with van der Waals surface area (Å²) in [6.07, 6.45) is 3.34. The third kappa shape index (κ3) is 3.78. The number of halogens is 1. The van der Waals surface area contributed by atoms with E-state index in [1.807, 2.05) is 16.3 Å². The van der Waals surface area contributed by atoms with Gasteiger partial charge in [-0.15, -0.1) is 11.3 Å². The monoisotopic (exact) mass is 336 g/mol. The van der Waals surface area contributed by atoms with Crippen LogP contribution in [0.4, 0.5) is 0 Å². The van der Waals surface area contributed by atoms with E-state index >= 15 is 0 Å². The Kier molecular flexibility index (Phi) is 4.64. The van der Waals surface area contributed by atoms with E-state index in [0.29, 0.717) is 23.4 Å². The first kappa shape index (κ1) is 15.3. The van der Waals surface area contributed by atoms with Crippen LogP contribution in [0, 0.1) is 0 Å². The van der Waals surface area contributed by atoms with Gasteiger partial charge in [-0.2, -0.15) is 0 Å². The van der Waals surface area contributed by atoms with E-state index in [2.05, 4.69) is 4.98 Å². The van der Waals surface area contributed by atoms with E-state index in [9.17, 15) is 4.79 Å². The molecule has 4 nitrogen and oxygen atoms in total. The number of amides is 1. The van der Waals surface area contributed by atoms with Gasteiger partial charge in [0.2, 0.25) is 0 Å². The third-order valence-corrected chi connectivity index (χ3v) is 4.52. The molecular weight excluding hydrogens is 320 g/mol. The van der Waals surface area contributed by atoms with Crippen molar-refractivity contribution in [3.8, 4) is 5.75 Å². The van der Waals surface area contributed by atoms with Gasteiger partial charge >= 0.3 is 0 Å². The molecule has 1 aromatic carbocycles. The standard InChI is InChI=1S/C16H17ClN2O2S/c1-11(21-14-4-2-3-12(17)9-14)16(20)19(13-5-6-13)10-15-18-7-8-22-15/h2-4,7-9,11,13H,5-6,10H2,1H3/t11-/m0/s1. The van der Waals surface area contributed by atoms with Crippen molar-refractivity contribution in [1.82, 2.24) is 9.88 Å². The summed E-state index contributed by atoms with van der Waals surface area (Å²) in [4.78, 5) is 18.8. The molecule has 1 aliphatic rings. The van der Waals surface area contributed by atoms with E-state index in [1.165, 1.54) is 0 Å². The molecule has 0 radical (unpaired) electrons. The van der Waals surface area contributed by atoms with Crippen molar-refractivity contribution in [2.75, 3.05) is 0 Å². The zero-order valence-electron chi connectivity index (χ0n) is 12.2. The fourth-order valence-electron chi connectivity index (χ4n) is 2.28. The van der Waals surface area contributed by atoms with Crippen LogP contribution >= 0.6 is 22.9 Å². The second-order valence-electron chi connectivity index (χ2n) is 5.34. The average molecular weight is 337 g/mol. The number of thiazole rings is 1. The number of nitrogens with zero attached hydrogens (tertiary/aromatic N) is 2. The minimum Gasteiger partial charge on any atom is -0.481 e. The van der Waals surface area contributed by atoms with Gasteiger partial charge in [0.1, 0.15) is 10.8 Å². The molecule has 6 heteroatoms. The predicted octanol–water partition coefficient (Wildman–Crippen LogP) is 3.76. The van der Waals surface area contributed by atoms with Gasteiger partial charge in [0, 0.05) is 22.6 Å². The van der Waals surface area contributed by atoms with Gasteiger partial charge in [0.25, 0.3) is 5.91 Å². The summed E-state index contributed by atoms with van der Waals surface area (Å²) in [5, 5.41) is 3.48. The van der Waals surface area contributed by atoms with Crippen LogP contribution in [0.15, 0.2) is 35.8 Å². The molecule has 0 N–H and O–H groups in total. The van der Waals surface area contributed by atoms with Crippen LogP contribution in [-0.2, 0) is 11.3 Å². The molecule has 1 atom stereocenters. The number of benzene rings is 1. The first-order valence-electron chi connectivity index (χ1n) is 7.24. The Morgan fingerprint density at radius 2 is 2.36 bits per heavy atom. The minimum absolute atomic E-state index is 0.00215. The molecule has 1 saturated carbocycles. The largest absolute Gasteiger partial charge is 0.481 e. The first-order chi connectivity index (χ1) is 10.6. The van der Waals surface area contributed by atoms with E-state index < -0.39 is 6.10 Å². The van der Waals surface area contributed by atoms with Gasteiger partial charge in [-0.1, -0.05) is 17.7 Å². The van der Waals surface area contributed by atoms with Gasteiger partial charge in [0.05, 0.1) is 6.54 Å². The molecule has 0 unspecified atom stereocenters. The summed E-state index contributed by atoms with van der Waals surface area (Å²) in [7, 11) is 0. The van der Waals surface area contributed by atoms with Crippen LogP contribution in [0.5, 0.6) is 5.75 Å². The maximum Gasteiger partial charge on any atom is 0.263 e. The highest BCUT2D eigenvalue weighted by molar-refractivity contribution is 7.09. The molecule has 1 heterocycles. The maximum absolute atomic E-state index is 12.7. The number of carbonyl (C=O) groups excluding carboxylic acids is 1. The molecule has 1 aromatic heterocycles. The van der Waals surface area contributed by atoms with Crippen molar-refractivity contribution in [2.45, 2.75) is 38.5 Å². The summed E-state index contributed by atoms with van der Waals surface area (Å²) in [5.41, 5.74) is 0. The van der Waals surface area contributed by atoms with Gasteiger partial charge in [-0.05, 0) is 38.0 Å².